The molecule has 0 saturated heterocycles. The number of carbonyl (C=O) groups excluding carboxylic acids is 1. The summed E-state index contributed by atoms with van der Waals surface area (Å²) in [6.45, 7) is 3.40. The number of carbonyl (C=O) groups is 2. The van der Waals surface area contributed by atoms with E-state index >= 15 is 0 Å². The maximum absolute atomic E-state index is 13.9. The maximum atomic E-state index is 13.9. The van der Waals surface area contributed by atoms with Crippen molar-refractivity contribution in [3.8, 4) is 11.4 Å². The average molecular weight is 291 g/mol. The van der Waals surface area contributed by atoms with Gasteiger partial charge in [-0.25, -0.2) is 9.18 Å². The molecule has 0 amide bonds. The van der Waals surface area contributed by atoms with Crippen molar-refractivity contribution < 1.29 is 23.8 Å². The number of carboxylic acid groups (broad SMARTS) is 1. The summed E-state index contributed by atoms with van der Waals surface area (Å²) < 4.78 is 20.2. The lowest BCUT2D eigenvalue weighted by molar-refractivity contribution is 0.0688. The first-order valence-electron chi connectivity index (χ1n) is 6.33. The predicted molar refractivity (Wildman–Crippen MR) is 73.9 cm³/mol. The zero-order chi connectivity index (χ0) is 15.6. The van der Waals surface area contributed by atoms with Crippen molar-refractivity contribution in [3.05, 3.63) is 47.5 Å². The first-order chi connectivity index (χ1) is 9.93. The number of ether oxygens (including phenoxy) is 1. The summed E-state index contributed by atoms with van der Waals surface area (Å²) in [5, 5.41) is 9.18. The summed E-state index contributed by atoms with van der Waals surface area (Å²) >= 11 is 0. The van der Waals surface area contributed by atoms with Crippen LogP contribution in [-0.4, -0.2) is 28.0 Å². The third-order valence-corrected chi connectivity index (χ3v) is 2.94. The lowest BCUT2D eigenvalue weighted by Gasteiger charge is -2.09. The largest absolute Gasteiger partial charge is 0.491 e. The summed E-state index contributed by atoms with van der Waals surface area (Å²) in [6.07, 6.45) is 1.38. The van der Waals surface area contributed by atoms with Crippen LogP contribution < -0.4 is 4.74 Å². The van der Waals surface area contributed by atoms with Crippen LogP contribution in [0.1, 0.15) is 34.7 Å². The number of rotatable bonds is 5. The van der Waals surface area contributed by atoms with Gasteiger partial charge in [-0.1, -0.05) is 0 Å². The Morgan fingerprint density at radius 2 is 2.05 bits per heavy atom. The average Bonchev–Trinajstić information content (AvgIpc) is 2.86. The van der Waals surface area contributed by atoms with Crippen molar-refractivity contribution in [1.29, 1.82) is 0 Å². The molecule has 0 aliphatic heterocycles. The molecule has 0 unspecified atom stereocenters. The van der Waals surface area contributed by atoms with Crippen LogP contribution in [-0.2, 0) is 0 Å². The van der Waals surface area contributed by atoms with E-state index in [1.807, 2.05) is 0 Å². The van der Waals surface area contributed by atoms with E-state index < -0.39 is 11.8 Å². The quantitative estimate of drug-likeness (QED) is 0.860. The number of hydrogen-bond donors (Lipinski definition) is 1. The Morgan fingerprint density at radius 1 is 1.33 bits per heavy atom. The number of aromatic nitrogens is 1. The molecule has 0 fully saturated rings. The van der Waals surface area contributed by atoms with E-state index in [2.05, 4.69) is 0 Å². The van der Waals surface area contributed by atoms with Gasteiger partial charge in [0.05, 0.1) is 6.61 Å². The molecular formula is C15H14FNO4. The maximum Gasteiger partial charge on any atom is 0.352 e. The van der Waals surface area contributed by atoms with E-state index in [1.54, 1.807) is 6.92 Å². The van der Waals surface area contributed by atoms with Gasteiger partial charge in [-0.2, -0.15) is 0 Å². The molecule has 6 heteroatoms. The molecule has 0 bridgehead atoms. The molecule has 0 aliphatic carbocycles. The van der Waals surface area contributed by atoms with Gasteiger partial charge in [0.2, 0.25) is 0 Å². The van der Waals surface area contributed by atoms with Gasteiger partial charge in [-0.15, -0.1) is 0 Å². The zero-order valence-corrected chi connectivity index (χ0v) is 11.6. The minimum atomic E-state index is -1.20. The second kappa shape index (κ2) is 5.78. The van der Waals surface area contributed by atoms with Crippen molar-refractivity contribution in [3.63, 3.8) is 0 Å². The third-order valence-electron chi connectivity index (χ3n) is 2.94. The van der Waals surface area contributed by atoms with Crippen molar-refractivity contribution in [2.75, 3.05) is 6.61 Å². The molecule has 2 rings (SSSR count). The molecule has 0 aliphatic rings. The number of nitrogens with zero attached hydrogens (tertiary/aromatic N) is 1. The number of aromatic carboxylic acids is 1. The van der Waals surface area contributed by atoms with E-state index in [-0.39, 0.29) is 22.8 Å². The number of halogens is 1. The molecule has 0 radical (unpaired) electrons. The van der Waals surface area contributed by atoms with Crippen LogP contribution in [0.3, 0.4) is 0 Å². The fourth-order valence-electron chi connectivity index (χ4n) is 1.95. The van der Waals surface area contributed by atoms with Crippen LogP contribution in [0.25, 0.3) is 5.69 Å². The van der Waals surface area contributed by atoms with Gasteiger partial charge in [-0.05, 0) is 32.0 Å². The number of ketones is 1. The number of hydrogen-bond acceptors (Lipinski definition) is 3. The minimum Gasteiger partial charge on any atom is -0.491 e. The van der Waals surface area contributed by atoms with Crippen LogP contribution in [0.15, 0.2) is 30.5 Å². The highest BCUT2D eigenvalue weighted by molar-refractivity contribution is 5.97. The normalized spacial score (nSPS) is 10.4. The van der Waals surface area contributed by atoms with Crippen molar-refractivity contribution in [2.24, 2.45) is 0 Å². The monoisotopic (exact) mass is 291 g/mol. The summed E-state index contributed by atoms with van der Waals surface area (Å²) in [4.78, 5) is 22.6. The summed E-state index contributed by atoms with van der Waals surface area (Å²) in [7, 11) is 0. The molecule has 1 aromatic heterocycles. The van der Waals surface area contributed by atoms with Crippen molar-refractivity contribution in [1.82, 2.24) is 4.57 Å². The van der Waals surface area contributed by atoms with Crippen LogP contribution in [0, 0.1) is 5.82 Å². The highest BCUT2D eigenvalue weighted by Gasteiger charge is 2.17. The van der Waals surface area contributed by atoms with E-state index in [4.69, 9.17) is 4.74 Å². The highest BCUT2D eigenvalue weighted by Crippen LogP contribution is 2.23. The zero-order valence-electron chi connectivity index (χ0n) is 11.6. The summed E-state index contributed by atoms with van der Waals surface area (Å²) in [6, 6.07) is 5.39. The standard InChI is InChI=1S/C15H14FNO4/c1-3-21-14-5-4-11(7-12(14)16)17-8-10(9(2)18)6-13(17)15(19)20/h4-8H,3H2,1-2H3,(H,19,20). The smallest absolute Gasteiger partial charge is 0.352 e. The van der Waals surface area contributed by atoms with Crippen LogP contribution in [0.5, 0.6) is 5.75 Å². The molecule has 2 aromatic rings. The van der Waals surface area contributed by atoms with E-state index in [9.17, 15) is 19.1 Å². The van der Waals surface area contributed by atoms with Crippen LogP contribution in [0.4, 0.5) is 4.39 Å². The molecule has 0 atom stereocenters. The summed E-state index contributed by atoms with van der Waals surface area (Å²) in [5.41, 5.74) is 0.450. The van der Waals surface area contributed by atoms with E-state index in [0.29, 0.717) is 12.3 Å². The first-order valence-corrected chi connectivity index (χ1v) is 6.33. The van der Waals surface area contributed by atoms with Crippen LogP contribution in [0.2, 0.25) is 0 Å². The lowest BCUT2D eigenvalue weighted by atomic mass is 10.2. The molecule has 5 nitrogen and oxygen atoms in total. The first kappa shape index (κ1) is 14.8. The van der Waals surface area contributed by atoms with E-state index in [0.717, 1.165) is 0 Å². The van der Waals surface area contributed by atoms with Gasteiger partial charge >= 0.3 is 5.97 Å². The number of carboxylic acids is 1. The Morgan fingerprint density at radius 3 is 2.57 bits per heavy atom. The van der Waals surface area contributed by atoms with E-state index in [1.165, 1.54) is 42.0 Å². The Balaban J connectivity index is 2.53. The van der Waals surface area contributed by atoms with Gasteiger partial charge in [0, 0.05) is 23.5 Å². The molecule has 21 heavy (non-hydrogen) atoms. The molecule has 1 N–H and O–H groups in total. The number of Topliss-reactive ketones (excluding diaryl/α,β-unsaturated/α-hetero) is 1. The lowest BCUT2D eigenvalue weighted by Crippen LogP contribution is -2.06. The van der Waals surface area contributed by atoms with Gasteiger partial charge in [-0.3, -0.25) is 4.79 Å². The third kappa shape index (κ3) is 2.94. The summed E-state index contributed by atoms with van der Waals surface area (Å²) in [5.74, 6) is -1.96. The SMILES string of the molecule is CCOc1ccc(-n2cc(C(C)=O)cc2C(=O)O)cc1F. The molecule has 0 saturated carbocycles. The molecular weight excluding hydrogens is 277 g/mol. The predicted octanol–water partition coefficient (Wildman–Crippen LogP) is 2.92. The molecule has 1 heterocycles. The van der Waals surface area contributed by atoms with Crippen LogP contribution >= 0.6 is 0 Å². The number of benzene rings is 1. The van der Waals surface area contributed by atoms with Gasteiger partial charge in [0.1, 0.15) is 5.69 Å². The Kier molecular flexibility index (Phi) is 4.07. The van der Waals surface area contributed by atoms with Gasteiger partial charge < -0.3 is 14.4 Å². The van der Waals surface area contributed by atoms with Crippen molar-refractivity contribution in [2.45, 2.75) is 13.8 Å². The molecule has 110 valence electrons. The Hall–Kier alpha value is -2.63. The second-order valence-corrected chi connectivity index (χ2v) is 4.39. The Bertz CT molecular complexity index is 706. The molecule has 0 spiro atoms. The molecule has 1 aromatic carbocycles. The minimum absolute atomic E-state index is 0.0945. The fraction of sp³-hybridized carbons (Fsp3) is 0.200. The Labute approximate surface area is 120 Å². The van der Waals surface area contributed by atoms with Gasteiger partial charge in [0.15, 0.2) is 17.3 Å². The van der Waals surface area contributed by atoms with Crippen molar-refractivity contribution >= 4 is 11.8 Å². The highest BCUT2D eigenvalue weighted by atomic mass is 19.1. The van der Waals surface area contributed by atoms with Gasteiger partial charge in [0.25, 0.3) is 0 Å². The fourth-order valence-corrected chi connectivity index (χ4v) is 1.95. The topological polar surface area (TPSA) is 68.5 Å². The second-order valence-electron chi connectivity index (χ2n) is 4.39.